The van der Waals surface area contributed by atoms with E-state index in [1.807, 2.05) is 47.9 Å². The zero-order valence-electron chi connectivity index (χ0n) is 12.1. The predicted octanol–water partition coefficient (Wildman–Crippen LogP) is 4.14. The van der Waals surface area contributed by atoms with Gasteiger partial charge in [0.05, 0.1) is 22.8 Å². The first-order chi connectivity index (χ1) is 10.6. The fraction of sp³-hybridized carbons (Fsp3) is 0.176. The number of carboxylic acids is 1. The van der Waals surface area contributed by atoms with Crippen molar-refractivity contribution >= 4 is 28.5 Å². The second-order valence-corrected chi connectivity index (χ2v) is 5.64. The third kappa shape index (κ3) is 2.70. The zero-order valence-corrected chi connectivity index (χ0v) is 12.8. The van der Waals surface area contributed by atoms with Crippen molar-refractivity contribution in [3.8, 4) is 11.4 Å². The monoisotopic (exact) mass is 314 g/mol. The van der Waals surface area contributed by atoms with Crippen LogP contribution >= 0.6 is 11.6 Å². The quantitative estimate of drug-likeness (QED) is 0.787. The van der Waals surface area contributed by atoms with Crippen LogP contribution in [-0.2, 0) is 11.3 Å². The molecule has 4 nitrogen and oxygen atoms in total. The Labute approximate surface area is 133 Å². The molecule has 0 bridgehead atoms. The normalized spacial score (nSPS) is 11.0. The Kier molecular flexibility index (Phi) is 3.86. The molecule has 0 aliphatic heterocycles. The lowest BCUT2D eigenvalue weighted by molar-refractivity contribution is -0.137. The van der Waals surface area contributed by atoms with E-state index in [0.29, 0.717) is 11.6 Å². The number of hydrogen-bond donors (Lipinski definition) is 1. The van der Waals surface area contributed by atoms with Gasteiger partial charge in [-0.3, -0.25) is 9.78 Å². The van der Waals surface area contributed by atoms with Crippen molar-refractivity contribution in [1.82, 2.24) is 9.55 Å². The highest BCUT2D eigenvalue weighted by Gasteiger charge is 2.14. The SMILES string of the molecule is Cc1cc(Cl)cnc1-c1cc2ccccc2n1CCC(=O)O. The molecular formula is C17H15ClN2O2. The molecule has 2 heterocycles. The Bertz CT molecular complexity index is 855. The summed E-state index contributed by atoms with van der Waals surface area (Å²) in [6, 6.07) is 11.8. The topological polar surface area (TPSA) is 55.1 Å². The number of rotatable bonds is 4. The van der Waals surface area contributed by atoms with Crippen LogP contribution in [0.15, 0.2) is 42.6 Å². The van der Waals surface area contributed by atoms with Gasteiger partial charge >= 0.3 is 5.97 Å². The number of aliphatic carboxylic acids is 1. The van der Waals surface area contributed by atoms with Crippen molar-refractivity contribution in [3.63, 3.8) is 0 Å². The Hall–Kier alpha value is -2.33. The van der Waals surface area contributed by atoms with E-state index in [9.17, 15) is 4.79 Å². The van der Waals surface area contributed by atoms with E-state index in [4.69, 9.17) is 16.7 Å². The summed E-state index contributed by atoms with van der Waals surface area (Å²) in [5.41, 5.74) is 3.71. The maximum Gasteiger partial charge on any atom is 0.305 e. The standard InChI is InChI=1S/C17H15ClN2O2/c1-11-8-13(18)10-19-17(11)15-9-12-4-2-3-5-14(12)20(15)7-6-16(21)22/h2-5,8-10H,6-7H2,1H3,(H,21,22). The number of fused-ring (bicyclic) bond motifs is 1. The fourth-order valence-electron chi connectivity index (χ4n) is 2.66. The van der Waals surface area contributed by atoms with E-state index < -0.39 is 5.97 Å². The first kappa shape index (κ1) is 14.6. The molecule has 112 valence electrons. The first-order valence-corrected chi connectivity index (χ1v) is 7.36. The molecule has 0 atom stereocenters. The van der Waals surface area contributed by atoms with E-state index in [1.54, 1.807) is 6.20 Å². The van der Waals surface area contributed by atoms with Crippen LogP contribution in [0.5, 0.6) is 0 Å². The maximum atomic E-state index is 10.9. The zero-order chi connectivity index (χ0) is 15.7. The van der Waals surface area contributed by atoms with E-state index in [1.165, 1.54) is 0 Å². The molecule has 2 aromatic heterocycles. The molecule has 22 heavy (non-hydrogen) atoms. The van der Waals surface area contributed by atoms with Crippen molar-refractivity contribution in [2.45, 2.75) is 19.9 Å². The van der Waals surface area contributed by atoms with Gasteiger partial charge in [-0.2, -0.15) is 0 Å². The number of pyridine rings is 1. The molecule has 0 saturated carbocycles. The van der Waals surface area contributed by atoms with Crippen molar-refractivity contribution < 1.29 is 9.90 Å². The molecule has 0 spiro atoms. The number of aromatic nitrogens is 2. The van der Waals surface area contributed by atoms with Gasteiger partial charge in [-0.15, -0.1) is 0 Å². The average molecular weight is 315 g/mol. The average Bonchev–Trinajstić information content (AvgIpc) is 2.83. The summed E-state index contributed by atoms with van der Waals surface area (Å²) in [5.74, 6) is -0.815. The summed E-state index contributed by atoms with van der Waals surface area (Å²) in [6.45, 7) is 2.36. The summed E-state index contributed by atoms with van der Waals surface area (Å²) >= 11 is 5.98. The van der Waals surface area contributed by atoms with E-state index in [-0.39, 0.29) is 6.42 Å². The van der Waals surface area contributed by atoms with Crippen LogP contribution in [0.1, 0.15) is 12.0 Å². The summed E-state index contributed by atoms with van der Waals surface area (Å²) in [7, 11) is 0. The molecule has 0 radical (unpaired) electrons. The lowest BCUT2D eigenvalue weighted by Gasteiger charge is -2.11. The number of halogens is 1. The van der Waals surface area contributed by atoms with Crippen LogP contribution in [0.4, 0.5) is 0 Å². The minimum atomic E-state index is -0.815. The summed E-state index contributed by atoms with van der Waals surface area (Å²) in [4.78, 5) is 15.4. The lowest BCUT2D eigenvalue weighted by atomic mass is 10.1. The molecular weight excluding hydrogens is 300 g/mol. The highest BCUT2D eigenvalue weighted by atomic mass is 35.5. The number of para-hydroxylation sites is 1. The Balaban J connectivity index is 2.19. The van der Waals surface area contributed by atoms with Crippen molar-refractivity contribution in [3.05, 3.63) is 53.2 Å². The molecule has 0 aliphatic carbocycles. The van der Waals surface area contributed by atoms with E-state index >= 15 is 0 Å². The van der Waals surface area contributed by atoms with Crippen LogP contribution in [0, 0.1) is 6.92 Å². The van der Waals surface area contributed by atoms with Gasteiger partial charge in [0.15, 0.2) is 0 Å². The maximum absolute atomic E-state index is 10.9. The molecule has 0 amide bonds. The van der Waals surface area contributed by atoms with Gasteiger partial charge in [0, 0.05) is 23.6 Å². The van der Waals surface area contributed by atoms with E-state index in [2.05, 4.69) is 4.98 Å². The smallest absolute Gasteiger partial charge is 0.305 e. The molecule has 0 aliphatic rings. The number of carbonyl (C=O) groups is 1. The van der Waals surface area contributed by atoms with Crippen LogP contribution in [0.3, 0.4) is 0 Å². The van der Waals surface area contributed by atoms with Gasteiger partial charge in [0.2, 0.25) is 0 Å². The highest BCUT2D eigenvalue weighted by molar-refractivity contribution is 6.30. The number of hydrogen-bond acceptors (Lipinski definition) is 2. The van der Waals surface area contributed by atoms with Crippen molar-refractivity contribution in [2.75, 3.05) is 0 Å². The van der Waals surface area contributed by atoms with Gasteiger partial charge in [-0.05, 0) is 30.7 Å². The fourth-order valence-corrected chi connectivity index (χ4v) is 2.88. The van der Waals surface area contributed by atoms with Gasteiger partial charge in [0.1, 0.15) is 0 Å². The predicted molar refractivity (Wildman–Crippen MR) is 87.2 cm³/mol. The van der Waals surface area contributed by atoms with Crippen molar-refractivity contribution in [2.24, 2.45) is 0 Å². The van der Waals surface area contributed by atoms with Gasteiger partial charge in [-0.1, -0.05) is 29.8 Å². The summed E-state index contributed by atoms with van der Waals surface area (Å²) < 4.78 is 2.01. The third-order valence-corrected chi connectivity index (χ3v) is 3.85. The largest absolute Gasteiger partial charge is 0.481 e. The molecule has 0 saturated heterocycles. The van der Waals surface area contributed by atoms with Crippen LogP contribution in [0.2, 0.25) is 5.02 Å². The third-order valence-electron chi connectivity index (χ3n) is 3.65. The molecule has 0 unspecified atom stereocenters. The van der Waals surface area contributed by atoms with Crippen LogP contribution in [0.25, 0.3) is 22.3 Å². The molecule has 3 rings (SSSR count). The number of nitrogens with zero attached hydrogens (tertiary/aromatic N) is 2. The number of aryl methyl sites for hydroxylation is 2. The van der Waals surface area contributed by atoms with Crippen molar-refractivity contribution in [1.29, 1.82) is 0 Å². The Morgan fingerprint density at radius 2 is 2.09 bits per heavy atom. The second-order valence-electron chi connectivity index (χ2n) is 5.20. The highest BCUT2D eigenvalue weighted by Crippen LogP contribution is 2.30. The minimum Gasteiger partial charge on any atom is -0.481 e. The minimum absolute atomic E-state index is 0.0678. The Morgan fingerprint density at radius 3 is 2.82 bits per heavy atom. The second kappa shape index (κ2) is 5.81. The Morgan fingerprint density at radius 1 is 1.32 bits per heavy atom. The van der Waals surface area contributed by atoms with Gasteiger partial charge in [0.25, 0.3) is 0 Å². The number of benzene rings is 1. The first-order valence-electron chi connectivity index (χ1n) is 6.99. The summed E-state index contributed by atoms with van der Waals surface area (Å²) in [6.07, 6.45) is 1.68. The lowest BCUT2D eigenvalue weighted by Crippen LogP contribution is -2.06. The molecule has 0 fully saturated rings. The van der Waals surface area contributed by atoms with E-state index in [0.717, 1.165) is 27.9 Å². The van der Waals surface area contributed by atoms with Crippen LogP contribution in [-0.4, -0.2) is 20.6 Å². The summed E-state index contributed by atoms with van der Waals surface area (Å²) in [5, 5.41) is 10.7. The molecule has 3 aromatic rings. The van der Waals surface area contributed by atoms with Gasteiger partial charge < -0.3 is 9.67 Å². The number of carboxylic acid groups (broad SMARTS) is 1. The molecule has 1 aromatic carbocycles. The van der Waals surface area contributed by atoms with Gasteiger partial charge in [-0.25, -0.2) is 0 Å². The molecule has 5 heteroatoms. The van der Waals surface area contributed by atoms with Crippen LogP contribution < -0.4 is 0 Å². The molecule has 1 N–H and O–H groups in total.